The highest BCUT2D eigenvalue weighted by Gasteiger charge is 2.18. The number of para-hydroxylation sites is 1. The van der Waals surface area contributed by atoms with Gasteiger partial charge in [0.15, 0.2) is 0 Å². The molecule has 0 aliphatic heterocycles. The SMILES string of the molecule is COS(=O)(=O)c1cccc2n[nH]nc12. The van der Waals surface area contributed by atoms with E-state index in [0.717, 1.165) is 7.11 Å². The van der Waals surface area contributed by atoms with E-state index in [2.05, 4.69) is 19.6 Å². The lowest BCUT2D eigenvalue weighted by atomic mass is 10.3. The standard InChI is InChI=1S/C7H7N3O3S/c1-13-14(11,12)6-4-2-3-5-7(6)9-10-8-5/h2-4H,1H3,(H,8,9,10). The summed E-state index contributed by atoms with van der Waals surface area (Å²) in [6.45, 7) is 0. The normalized spacial score (nSPS) is 12.1. The molecule has 6 nitrogen and oxygen atoms in total. The zero-order valence-corrected chi connectivity index (χ0v) is 8.08. The molecule has 0 aliphatic carbocycles. The second kappa shape index (κ2) is 3.03. The van der Waals surface area contributed by atoms with Gasteiger partial charge >= 0.3 is 0 Å². The van der Waals surface area contributed by atoms with E-state index < -0.39 is 10.1 Å². The number of H-pyrrole nitrogens is 1. The van der Waals surface area contributed by atoms with E-state index in [1.165, 1.54) is 6.07 Å². The van der Waals surface area contributed by atoms with Gasteiger partial charge in [0, 0.05) is 0 Å². The highest BCUT2D eigenvalue weighted by atomic mass is 32.2. The second-order valence-electron chi connectivity index (χ2n) is 2.57. The Morgan fingerprint density at radius 1 is 1.36 bits per heavy atom. The average Bonchev–Trinajstić information content (AvgIpc) is 2.64. The molecule has 0 bridgehead atoms. The van der Waals surface area contributed by atoms with Crippen LogP contribution < -0.4 is 0 Å². The first-order valence-corrected chi connectivity index (χ1v) is 5.16. The summed E-state index contributed by atoms with van der Waals surface area (Å²) >= 11 is 0. The van der Waals surface area contributed by atoms with Gasteiger partial charge in [0.1, 0.15) is 15.9 Å². The van der Waals surface area contributed by atoms with Crippen LogP contribution in [0.5, 0.6) is 0 Å². The minimum atomic E-state index is -3.72. The summed E-state index contributed by atoms with van der Waals surface area (Å²) < 4.78 is 27.2. The zero-order valence-electron chi connectivity index (χ0n) is 7.26. The van der Waals surface area contributed by atoms with Crippen molar-refractivity contribution in [3.8, 4) is 0 Å². The number of hydrogen-bond donors (Lipinski definition) is 1. The first-order chi connectivity index (χ1) is 6.65. The minimum absolute atomic E-state index is 0.0197. The zero-order chi connectivity index (χ0) is 10.2. The Bertz CT molecular complexity index is 560. The molecule has 14 heavy (non-hydrogen) atoms. The molecule has 0 unspecified atom stereocenters. The van der Waals surface area contributed by atoms with Gasteiger partial charge in [-0.25, -0.2) is 0 Å². The van der Waals surface area contributed by atoms with E-state index >= 15 is 0 Å². The highest BCUT2D eigenvalue weighted by molar-refractivity contribution is 7.87. The maximum absolute atomic E-state index is 11.4. The minimum Gasteiger partial charge on any atom is -0.270 e. The van der Waals surface area contributed by atoms with Crippen LogP contribution in [-0.2, 0) is 14.3 Å². The van der Waals surface area contributed by atoms with Gasteiger partial charge in [-0.05, 0) is 12.1 Å². The van der Waals surface area contributed by atoms with Crippen molar-refractivity contribution < 1.29 is 12.6 Å². The molecule has 1 heterocycles. The third kappa shape index (κ3) is 1.26. The maximum Gasteiger partial charge on any atom is 0.299 e. The second-order valence-corrected chi connectivity index (χ2v) is 4.25. The lowest BCUT2D eigenvalue weighted by molar-refractivity contribution is 0.398. The highest BCUT2D eigenvalue weighted by Crippen LogP contribution is 2.19. The van der Waals surface area contributed by atoms with Crippen molar-refractivity contribution >= 4 is 21.2 Å². The number of aromatic nitrogens is 3. The van der Waals surface area contributed by atoms with Crippen molar-refractivity contribution in [2.75, 3.05) is 7.11 Å². The van der Waals surface area contributed by atoms with Gasteiger partial charge in [-0.1, -0.05) is 6.07 Å². The fourth-order valence-electron chi connectivity index (χ4n) is 1.13. The Morgan fingerprint density at radius 3 is 2.86 bits per heavy atom. The Balaban J connectivity index is 2.81. The van der Waals surface area contributed by atoms with Gasteiger partial charge in [0.2, 0.25) is 0 Å². The molecule has 7 heteroatoms. The topological polar surface area (TPSA) is 84.9 Å². The van der Waals surface area contributed by atoms with Gasteiger partial charge in [0.05, 0.1) is 7.11 Å². The fraction of sp³-hybridized carbons (Fsp3) is 0.143. The smallest absolute Gasteiger partial charge is 0.270 e. The number of benzene rings is 1. The van der Waals surface area contributed by atoms with Gasteiger partial charge in [-0.3, -0.25) is 4.18 Å². The summed E-state index contributed by atoms with van der Waals surface area (Å²) in [7, 11) is -2.61. The van der Waals surface area contributed by atoms with Crippen LogP contribution in [0.15, 0.2) is 23.1 Å². The van der Waals surface area contributed by atoms with Crippen molar-refractivity contribution in [1.29, 1.82) is 0 Å². The molecule has 0 amide bonds. The molecule has 0 saturated heterocycles. The molecule has 2 rings (SSSR count). The summed E-state index contributed by atoms with van der Waals surface area (Å²) in [5, 5.41) is 9.86. The van der Waals surface area contributed by atoms with E-state index in [0.29, 0.717) is 5.52 Å². The monoisotopic (exact) mass is 213 g/mol. The van der Waals surface area contributed by atoms with E-state index in [-0.39, 0.29) is 10.4 Å². The van der Waals surface area contributed by atoms with Crippen LogP contribution in [0, 0.1) is 0 Å². The average molecular weight is 213 g/mol. The van der Waals surface area contributed by atoms with Gasteiger partial charge in [0.25, 0.3) is 10.1 Å². The van der Waals surface area contributed by atoms with Crippen LogP contribution in [0.4, 0.5) is 0 Å². The van der Waals surface area contributed by atoms with E-state index in [4.69, 9.17) is 0 Å². The molecule has 2 aromatic rings. The molecule has 0 fully saturated rings. The summed E-state index contributed by atoms with van der Waals surface area (Å²) in [6, 6.07) is 4.66. The number of fused-ring (bicyclic) bond motifs is 1. The third-order valence-electron chi connectivity index (χ3n) is 1.80. The maximum atomic E-state index is 11.4. The largest absolute Gasteiger partial charge is 0.299 e. The molecule has 0 spiro atoms. The number of nitrogens with zero attached hydrogens (tertiary/aromatic N) is 2. The van der Waals surface area contributed by atoms with Crippen LogP contribution in [-0.4, -0.2) is 30.9 Å². The number of hydrogen-bond acceptors (Lipinski definition) is 5. The third-order valence-corrected chi connectivity index (χ3v) is 3.11. The lowest BCUT2D eigenvalue weighted by Gasteiger charge is -2.00. The first kappa shape index (κ1) is 9.10. The quantitative estimate of drug-likeness (QED) is 0.725. The molecule has 74 valence electrons. The molecule has 1 aromatic heterocycles. The van der Waals surface area contributed by atoms with Crippen LogP contribution in [0.25, 0.3) is 11.0 Å². The summed E-state index contributed by atoms with van der Waals surface area (Å²) in [5.74, 6) is 0. The van der Waals surface area contributed by atoms with Crippen molar-refractivity contribution in [3.63, 3.8) is 0 Å². The molecular weight excluding hydrogens is 206 g/mol. The molecule has 1 N–H and O–H groups in total. The molecule has 0 radical (unpaired) electrons. The molecule has 1 aromatic carbocycles. The molecule has 0 saturated carbocycles. The van der Waals surface area contributed by atoms with Crippen molar-refractivity contribution in [1.82, 2.24) is 15.4 Å². The number of aromatic amines is 1. The Hall–Kier alpha value is -1.47. The number of rotatable bonds is 2. The van der Waals surface area contributed by atoms with Crippen LogP contribution in [0.1, 0.15) is 0 Å². The molecule has 0 atom stereocenters. The van der Waals surface area contributed by atoms with Gasteiger partial charge < -0.3 is 0 Å². The summed E-state index contributed by atoms with van der Waals surface area (Å²) in [6.07, 6.45) is 0. The summed E-state index contributed by atoms with van der Waals surface area (Å²) in [5.41, 5.74) is 0.775. The van der Waals surface area contributed by atoms with Crippen molar-refractivity contribution in [2.24, 2.45) is 0 Å². The van der Waals surface area contributed by atoms with Gasteiger partial charge in [-0.2, -0.15) is 23.8 Å². The first-order valence-electron chi connectivity index (χ1n) is 3.75. The van der Waals surface area contributed by atoms with E-state index in [9.17, 15) is 8.42 Å². The molecular formula is C7H7N3O3S. The van der Waals surface area contributed by atoms with Crippen LogP contribution in [0.2, 0.25) is 0 Å². The Morgan fingerprint density at radius 2 is 2.14 bits per heavy atom. The lowest BCUT2D eigenvalue weighted by Crippen LogP contribution is -2.03. The van der Waals surface area contributed by atoms with Crippen LogP contribution >= 0.6 is 0 Å². The Labute approximate surface area is 80.0 Å². The van der Waals surface area contributed by atoms with Crippen LogP contribution in [0.3, 0.4) is 0 Å². The van der Waals surface area contributed by atoms with Gasteiger partial charge in [-0.15, -0.1) is 0 Å². The number of nitrogens with one attached hydrogen (secondary N) is 1. The van der Waals surface area contributed by atoms with E-state index in [1.54, 1.807) is 12.1 Å². The fourth-order valence-corrected chi connectivity index (χ4v) is 1.95. The van der Waals surface area contributed by atoms with E-state index in [1.807, 2.05) is 0 Å². The Kier molecular flexibility index (Phi) is 1.97. The predicted molar refractivity (Wildman–Crippen MR) is 48.1 cm³/mol. The molecule has 0 aliphatic rings. The van der Waals surface area contributed by atoms with Crippen molar-refractivity contribution in [3.05, 3.63) is 18.2 Å². The predicted octanol–water partition coefficient (Wildman–Crippen LogP) is 0.293. The van der Waals surface area contributed by atoms with Crippen molar-refractivity contribution in [2.45, 2.75) is 4.90 Å². The summed E-state index contributed by atoms with van der Waals surface area (Å²) in [4.78, 5) is 0.0197.